The van der Waals surface area contributed by atoms with Gasteiger partial charge < -0.3 is 9.47 Å². The predicted molar refractivity (Wildman–Crippen MR) is 92.4 cm³/mol. The molecule has 0 spiro atoms. The van der Waals surface area contributed by atoms with Crippen molar-refractivity contribution in [2.75, 3.05) is 7.11 Å². The molecule has 0 aromatic rings. The predicted octanol–water partition coefficient (Wildman–Crippen LogP) is 3.00. The molecule has 0 N–H and O–H groups in total. The molecule has 5 heteroatoms. The summed E-state index contributed by atoms with van der Waals surface area (Å²) < 4.78 is 10.5. The molecule has 1 fully saturated rings. The molecule has 24 heavy (non-hydrogen) atoms. The summed E-state index contributed by atoms with van der Waals surface area (Å²) in [5.41, 5.74) is 0.874. The first-order chi connectivity index (χ1) is 11.0. The molecule has 0 radical (unpaired) electrons. The van der Waals surface area contributed by atoms with E-state index in [4.69, 9.17) is 9.47 Å². The number of carbonyl (C=O) groups is 2. The van der Waals surface area contributed by atoms with E-state index in [2.05, 4.69) is 25.7 Å². The van der Waals surface area contributed by atoms with E-state index in [1.54, 1.807) is 0 Å². The third kappa shape index (κ3) is 3.41. The topological polar surface area (TPSA) is 55.8 Å². The maximum absolute atomic E-state index is 12.7. The number of hydrogen-bond donors (Lipinski definition) is 0. The highest BCUT2D eigenvalue weighted by Crippen LogP contribution is 2.46. The number of nitrogens with zero attached hydrogens (tertiary/aromatic N) is 1. The fourth-order valence-corrected chi connectivity index (χ4v) is 3.80. The van der Waals surface area contributed by atoms with Crippen molar-refractivity contribution >= 4 is 11.9 Å². The van der Waals surface area contributed by atoms with Gasteiger partial charge in [0.25, 0.3) is 0 Å². The molecule has 0 saturated carbocycles. The second kappa shape index (κ2) is 6.36. The Morgan fingerprint density at radius 2 is 1.96 bits per heavy atom. The van der Waals surface area contributed by atoms with Crippen LogP contribution in [-0.2, 0) is 19.1 Å². The van der Waals surface area contributed by atoms with Crippen molar-refractivity contribution in [2.24, 2.45) is 0 Å². The summed E-state index contributed by atoms with van der Waals surface area (Å²) >= 11 is 0. The van der Waals surface area contributed by atoms with Gasteiger partial charge in [0.2, 0.25) is 0 Å². The van der Waals surface area contributed by atoms with E-state index < -0.39 is 5.60 Å². The van der Waals surface area contributed by atoms with Crippen molar-refractivity contribution in [3.8, 4) is 0 Å². The van der Waals surface area contributed by atoms with Crippen LogP contribution in [0, 0.1) is 0 Å². The van der Waals surface area contributed by atoms with Crippen LogP contribution in [0.5, 0.6) is 0 Å². The van der Waals surface area contributed by atoms with E-state index in [9.17, 15) is 9.59 Å². The Morgan fingerprint density at radius 3 is 2.46 bits per heavy atom. The van der Waals surface area contributed by atoms with Gasteiger partial charge in [-0.15, -0.1) is 0 Å². The van der Waals surface area contributed by atoms with Crippen LogP contribution in [-0.4, -0.2) is 47.2 Å². The fourth-order valence-electron chi connectivity index (χ4n) is 3.80. The van der Waals surface area contributed by atoms with Crippen LogP contribution >= 0.6 is 0 Å². The van der Waals surface area contributed by atoms with Gasteiger partial charge in [-0.25, -0.2) is 4.79 Å². The molecule has 0 bridgehead atoms. The van der Waals surface area contributed by atoms with E-state index >= 15 is 0 Å². The number of ether oxygens (including phenoxy) is 2. The first kappa shape index (κ1) is 18.7. The van der Waals surface area contributed by atoms with Crippen molar-refractivity contribution in [1.29, 1.82) is 0 Å². The number of esters is 2. The highest BCUT2D eigenvalue weighted by Gasteiger charge is 2.51. The molecule has 2 unspecified atom stereocenters. The quantitative estimate of drug-likeness (QED) is 0.742. The third-order valence-corrected chi connectivity index (χ3v) is 4.72. The van der Waals surface area contributed by atoms with Crippen LogP contribution < -0.4 is 0 Å². The molecule has 0 aromatic heterocycles. The Labute approximate surface area is 144 Å². The Morgan fingerprint density at radius 1 is 1.33 bits per heavy atom. The normalized spacial score (nSPS) is 27.4. The molecule has 134 valence electrons. The molecule has 2 aliphatic rings. The van der Waals surface area contributed by atoms with Crippen molar-refractivity contribution in [1.82, 2.24) is 4.90 Å². The monoisotopic (exact) mass is 335 g/mol. The van der Waals surface area contributed by atoms with Crippen LogP contribution in [0.3, 0.4) is 0 Å². The average Bonchev–Trinajstić information content (AvgIpc) is 2.76. The summed E-state index contributed by atoms with van der Waals surface area (Å²) in [6.45, 7) is 11.9. The van der Waals surface area contributed by atoms with Gasteiger partial charge >= 0.3 is 11.9 Å². The highest BCUT2D eigenvalue weighted by molar-refractivity contribution is 5.92. The maximum atomic E-state index is 12.7. The summed E-state index contributed by atoms with van der Waals surface area (Å²) in [5, 5.41) is 0. The molecular weight excluding hydrogens is 306 g/mol. The van der Waals surface area contributed by atoms with Gasteiger partial charge in [-0.2, -0.15) is 0 Å². The van der Waals surface area contributed by atoms with Crippen molar-refractivity contribution < 1.29 is 19.1 Å². The minimum absolute atomic E-state index is 0.187. The molecule has 1 aliphatic heterocycles. The number of fused-ring (bicyclic) bond motifs is 1. The molecule has 1 heterocycles. The average molecular weight is 335 g/mol. The van der Waals surface area contributed by atoms with Gasteiger partial charge in [0.05, 0.1) is 12.7 Å². The summed E-state index contributed by atoms with van der Waals surface area (Å²) in [6, 6.07) is -0.141. The largest absolute Gasteiger partial charge is 0.465 e. The smallest absolute Gasteiger partial charge is 0.337 e. The number of likely N-dealkylation sites (tertiary alicyclic amines) is 1. The number of hydrogen-bond acceptors (Lipinski definition) is 5. The van der Waals surface area contributed by atoms with Gasteiger partial charge in [0.1, 0.15) is 11.6 Å². The summed E-state index contributed by atoms with van der Waals surface area (Å²) in [4.78, 5) is 26.8. The van der Waals surface area contributed by atoms with E-state index in [1.165, 1.54) is 7.11 Å². The van der Waals surface area contributed by atoms with Crippen LogP contribution in [0.25, 0.3) is 0 Å². The lowest BCUT2D eigenvalue weighted by Gasteiger charge is -2.42. The summed E-state index contributed by atoms with van der Waals surface area (Å²) in [7, 11) is 1.38. The summed E-state index contributed by atoms with van der Waals surface area (Å²) in [5.74, 6) is -0.534. The zero-order chi connectivity index (χ0) is 18.3. The molecule has 0 amide bonds. The van der Waals surface area contributed by atoms with E-state index in [0.717, 1.165) is 5.57 Å². The maximum Gasteiger partial charge on any atom is 0.337 e. The lowest BCUT2D eigenvalue weighted by molar-refractivity contribution is -0.162. The van der Waals surface area contributed by atoms with Crippen molar-refractivity contribution in [3.63, 3.8) is 0 Å². The van der Waals surface area contributed by atoms with Crippen LogP contribution in [0.1, 0.15) is 54.4 Å². The van der Waals surface area contributed by atoms with E-state index in [0.29, 0.717) is 18.4 Å². The molecule has 5 nitrogen and oxygen atoms in total. The molecule has 0 aromatic carbocycles. The number of rotatable bonds is 3. The lowest BCUT2D eigenvalue weighted by atomic mass is 9.82. The highest BCUT2D eigenvalue weighted by atomic mass is 16.6. The first-order valence-electron chi connectivity index (χ1n) is 8.50. The minimum atomic E-state index is -0.516. The Bertz CT molecular complexity index is 597. The van der Waals surface area contributed by atoms with Crippen molar-refractivity contribution in [2.45, 2.75) is 77.6 Å². The van der Waals surface area contributed by atoms with Crippen LogP contribution in [0.15, 0.2) is 23.3 Å². The standard InChI is InChI=1S/C19H29NO4/c1-12(2)20-15(17(22)24-18(3,4)5)11-14-10-13(16(21)23-7)8-9-19(14,20)6/h8,10,12,15H,9,11H2,1-7H3. The van der Waals surface area contributed by atoms with Gasteiger partial charge in [0, 0.05) is 11.6 Å². The Balaban J connectivity index is 2.35. The zero-order valence-electron chi connectivity index (χ0n) is 15.8. The second-order valence-electron chi connectivity index (χ2n) is 8.05. The van der Waals surface area contributed by atoms with Gasteiger partial charge in [0.15, 0.2) is 0 Å². The van der Waals surface area contributed by atoms with Crippen molar-refractivity contribution in [3.05, 3.63) is 23.3 Å². The zero-order valence-corrected chi connectivity index (χ0v) is 15.8. The van der Waals surface area contributed by atoms with Gasteiger partial charge in [-0.05, 0) is 66.0 Å². The van der Waals surface area contributed by atoms with Gasteiger partial charge in [-0.3, -0.25) is 9.69 Å². The molecule has 1 aliphatic carbocycles. The number of methoxy groups -OCH3 is 1. The van der Waals surface area contributed by atoms with Crippen LogP contribution in [0.4, 0.5) is 0 Å². The Kier molecular flexibility index (Phi) is 4.96. The third-order valence-electron chi connectivity index (χ3n) is 4.72. The second-order valence-corrected chi connectivity index (χ2v) is 8.05. The first-order valence-corrected chi connectivity index (χ1v) is 8.50. The summed E-state index contributed by atoms with van der Waals surface area (Å²) in [6.07, 6.45) is 5.05. The van der Waals surface area contributed by atoms with E-state index in [1.807, 2.05) is 32.9 Å². The molecule has 2 rings (SSSR count). The SMILES string of the molecule is COC(=O)C1=CCC2(C)C(=C1)CC(C(=O)OC(C)(C)C)N2C(C)C. The molecule has 2 atom stereocenters. The number of carbonyl (C=O) groups excluding carboxylic acids is 2. The molecular formula is C19H29NO4. The lowest BCUT2D eigenvalue weighted by Crippen LogP contribution is -2.53. The fraction of sp³-hybridized carbons (Fsp3) is 0.684. The van der Waals surface area contributed by atoms with Gasteiger partial charge in [-0.1, -0.05) is 6.08 Å². The van der Waals surface area contributed by atoms with E-state index in [-0.39, 0.29) is 29.6 Å². The minimum Gasteiger partial charge on any atom is -0.465 e. The Hall–Kier alpha value is -1.62. The molecule has 1 saturated heterocycles. The van der Waals surface area contributed by atoms with Crippen LogP contribution in [0.2, 0.25) is 0 Å².